The number of hydrogen-bond donors (Lipinski definition) is 2. The molecule has 1 fully saturated rings. The lowest BCUT2D eigenvalue weighted by Gasteiger charge is -2.36. The minimum absolute atomic E-state index is 0.0887. The predicted octanol–water partition coefficient (Wildman–Crippen LogP) is 2.32. The third-order valence-corrected chi connectivity index (χ3v) is 3.47. The molecular weight excluding hydrogens is 219 g/mol. The fraction of sp³-hybridized carbons (Fsp3) is 1.00. The van der Waals surface area contributed by atoms with Crippen LogP contribution in [0.25, 0.3) is 0 Å². The first kappa shape index (κ1) is 13.8. The maximum absolute atomic E-state index is 12.1. The molecule has 96 valence electrons. The van der Waals surface area contributed by atoms with Crippen LogP contribution in [0.2, 0.25) is 0 Å². The Hall–Kier alpha value is -0.290. The van der Waals surface area contributed by atoms with Crippen molar-refractivity contribution in [3.05, 3.63) is 0 Å². The van der Waals surface area contributed by atoms with Crippen LogP contribution < -0.4 is 5.32 Å². The smallest absolute Gasteiger partial charge is 0.382 e. The monoisotopic (exact) mass is 239 g/mol. The number of rotatable bonds is 3. The van der Waals surface area contributed by atoms with Crippen LogP contribution in [-0.4, -0.2) is 30.0 Å². The van der Waals surface area contributed by atoms with Crippen molar-refractivity contribution in [1.29, 1.82) is 0 Å². The highest BCUT2D eigenvalue weighted by Crippen LogP contribution is 2.29. The molecule has 16 heavy (non-hydrogen) atoms. The molecule has 0 amide bonds. The third-order valence-electron chi connectivity index (χ3n) is 3.47. The van der Waals surface area contributed by atoms with Gasteiger partial charge in [0.1, 0.15) is 0 Å². The fourth-order valence-electron chi connectivity index (χ4n) is 2.45. The van der Waals surface area contributed by atoms with E-state index in [1.54, 1.807) is 0 Å². The Balaban J connectivity index is 2.41. The highest BCUT2D eigenvalue weighted by Gasteiger charge is 2.39. The normalized spacial score (nSPS) is 33.8. The molecule has 1 aliphatic rings. The summed E-state index contributed by atoms with van der Waals surface area (Å²) in [5.74, 6) is 0.758. The topological polar surface area (TPSA) is 32.3 Å². The van der Waals surface area contributed by atoms with Gasteiger partial charge in [0, 0.05) is 12.6 Å². The lowest BCUT2D eigenvalue weighted by molar-refractivity contribution is -0.202. The Bertz CT molecular complexity index is 210. The van der Waals surface area contributed by atoms with Crippen LogP contribution in [0.1, 0.15) is 33.1 Å². The van der Waals surface area contributed by atoms with Crippen molar-refractivity contribution in [2.75, 3.05) is 6.54 Å². The van der Waals surface area contributed by atoms with Crippen LogP contribution in [0.4, 0.5) is 13.2 Å². The summed E-state index contributed by atoms with van der Waals surface area (Å²) < 4.78 is 36.3. The molecule has 1 rings (SSSR count). The maximum atomic E-state index is 12.1. The third kappa shape index (κ3) is 3.63. The lowest BCUT2D eigenvalue weighted by atomic mass is 9.78. The molecule has 0 aromatic carbocycles. The molecule has 0 aromatic heterocycles. The van der Waals surface area contributed by atoms with Gasteiger partial charge in [0.15, 0.2) is 6.10 Å². The Kier molecular flexibility index (Phi) is 4.62. The Labute approximate surface area is 94.2 Å². The van der Waals surface area contributed by atoms with Crippen molar-refractivity contribution in [2.45, 2.75) is 51.4 Å². The number of hydrogen-bond acceptors (Lipinski definition) is 2. The molecule has 0 spiro atoms. The van der Waals surface area contributed by atoms with Crippen molar-refractivity contribution in [3.63, 3.8) is 0 Å². The lowest BCUT2D eigenvalue weighted by Crippen LogP contribution is -2.48. The number of aliphatic hydroxyl groups is 1. The van der Waals surface area contributed by atoms with Crippen molar-refractivity contribution in [1.82, 2.24) is 5.32 Å². The van der Waals surface area contributed by atoms with Crippen LogP contribution in [0.3, 0.4) is 0 Å². The van der Waals surface area contributed by atoms with E-state index in [1.165, 1.54) is 0 Å². The summed E-state index contributed by atoms with van der Waals surface area (Å²) in [6.07, 6.45) is -3.54. The second kappa shape index (κ2) is 5.36. The SMILES string of the molecule is CC1CCCC(C)C1NCC(O)C(F)(F)F. The van der Waals surface area contributed by atoms with E-state index in [9.17, 15) is 13.2 Å². The van der Waals surface area contributed by atoms with E-state index in [2.05, 4.69) is 5.32 Å². The van der Waals surface area contributed by atoms with E-state index in [-0.39, 0.29) is 6.04 Å². The number of halogens is 3. The minimum Gasteiger partial charge on any atom is -0.382 e. The molecule has 2 nitrogen and oxygen atoms in total. The zero-order valence-electron chi connectivity index (χ0n) is 9.72. The summed E-state index contributed by atoms with van der Waals surface area (Å²) in [7, 11) is 0. The first-order chi connectivity index (χ1) is 7.32. The highest BCUT2D eigenvalue weighted by molar-refractivity contribution is 4.84. The standard InChI is InChI=1S/C11H20F3NO/c1-7-4-3-5-8(2)10(7)15-6-9(16)11(12,13)14/h7-10,15-16H,3-6H2,1-2H3. The average molecular weight is 239 g/mol. The molecule has 5 heteroatoms. The molecule has 0 aromatic rings. The molecule has 3 atom stereocenters. The average Bonchev–Trinajstić information content (AvgIpc) is 2.15. The molecule has 0 aliphatic heterocycles. The zero-order chi connectivity index (χ0) is 12.3. The van der Waals surface area contributed by atoms with Gasteiger partial charge in [-0.05, 0) is 24.7 Å². The van der Waals surface area contributed by atoms with Crippen LogP contribution >= 0.6 is 0 Å². The van der Waals surface area contributed by atoms with Crippen molar-refractivity contribution >= 4 is 0 Å². The molecule has 2 N–H and O–H groups in total. The van der Waals surface area contributed by atoms with Gasteiger partial charge < -0.3 is 10.4 Å². The molecule has 0 radical (unpaired) electrons. The van der Waals surface area contributed by atoms with Gasteiger partial charge in [0.25, 0.3) is 0 Å². The van der Waals surface area contributed by atoms with Crippen LogP contribution in [-0.2, 0) is 0 Å². The van der Waals surface area contributed by atoms with Crippen LogP contribution in [0.5, 0.6) is 0 Å². The predicted molar refractivity (Wildman–Crippen MR) is 56.0 cm³/mol. The van der Waals surface area contributed by atoms with Crippen LogP contribution in [0, 0.1) is 11.8 Å². The van der Waals surface area contributed by atoms with E-state index < -0.39 is 18.8 Å². The van der Waals surface area contributed by atoms with E-state index in [0.29, 0.717) is 11.8 Å². The largest absolute Gasteiger partial charge is 0.415 e. The summed E-state index contributed by atoms with van der Waals surface area (Å²) in [5, 5.41) is 11.8. The second-order valence-electron chi connectivity index (χ2n) is 4.88. The van der Waals surface area contributed by atoms with Gasteiger partial charge in [-0.3, -0.25) is 0 Å². The molecule has 0 heterocycles. The summed E-state index contributed by atoms with van der Waals surface area (Å²) in [6, 6.07) is 0.0887. The Morgan fingerprint density at radius 1 is 1.25 bits per heavy atom. The number of aliphatic hydroxyl groups excluding tert-OH is 1. The van der Waals surface area contributed by atoms with E-state index >= 15 is 0 Å². The number of alkyl halides is 3. The first-order valence-corrected chi connectivity index (χ1v) is 5.80. The van der Waals surface area contributed by atoms with Crippen molar-refractivity contribution < 1.29 is 18.3 Å². The fourth-order valence-corrected chi connectivity index (χ4v) is 2.45. The quantitative estimate of drug-likeness (QED) is 0.792. The molecule has 0 saturated heterocycles. The highest BCUT2D eigenvalue weighted by atomic mass is 19.4. The number of nitrogens with one attached hydrogen (secondary N) is 1. The van der Waals surface area contributed by atoms with Gasteiger partial charge in [-0.25, -0.2) is 0 Å². The van der Waals surface area contributed by atoms with E-state index in [4.69, 9.17) is 5.11 Å². The second-order valence-corrected chi connectivity index (χ2v) is 4.88. The molecule has 1 saturated carbocycles. The summed E-state index contributed by atoms with van der Waals surface area (Å²) >= 11 is 0. The Morgan fingerprint density at radius 3 is 2.19 bits per heavy atom. The molecule has 0 bridgehead atoms. The summed E-state index contributed by atoms with van der Waals surface area (Å²) in [4.78, 5) is 0. The summed E-state index contributed by atoms with van der Waals surface area (Å²) in [5.41, 5.74) is 0. The van der Waals surface area contributed by atoms with Gasteiger partial charge in [-0.15, -0.1) is 0 Å². The van der Waals surface area contributed by atoms with Crippen molar-refractivity contribution in [2.24, 2.45) is 11.8 Å². The Morgan fingerprint density at radius 2 is 1.75 bits per heavy atom. The van der Waals surface area contributed by atoms with E-state index in [0.717, 1.165) is 19.3 Å². The van der Waals surface area contributed by atoms with Crippen LogP contribution in [0.15, 0.2) is 0 Å². The van der Waals surface area contributed by atoms with Gasteiger partial charge in [0.2, 0.25) is 0 Å². The maximum Gasteiger partial charge on any atom is 0.415 e. The summed E-state index contributed by atoms with van der Waals surface area (Å²) in [6.45, 7) is 3.70. The van der Waals surface area contributed by atoms with Gasteiger partial charge in [0.05, 0.1) is 0 Å². The first-order valence-electron chi connectivity index (χ1n) is 5.80. The van der Waals surface area contributed by atoms with Gasteiger partial charge in [-0.2, -0.15) is 13.2 Å². The molecule has 3 unspecified atom stereocenters. The molecular formula is C11H20F3NO. The van der Waals surface area contributed by atoms with Gasteiger partial charge in [-0.1, -0.05) is 20.3 Å². The molecule has 1 aliphatic carbocycles. The minimum atomic E-state index is -4.52. The van der Waals surface area contributed by atoms with Crippen molar-refractivity contribution in [3.8, 4) is 0 Å². The zero-order valence-corrected chi connectivity index (χ0v) is 9.72. The van der Waals surface area contributed by atoms with Gasteiger partial charge >= 0.3 is 6.18 Å². The van der Waals surface area contributed by atoms with E-state index in [1.807, 2.05) is 13.8 Å².